The minimum Gasteiger partial charge on any atom is -0.391 e. The molecule has 2 fully saturated rings. The van der Waals surface area contributed by atoms with Crippen molar-refractivity contribution in [1.82, 2.24) is 35.1 Å². The van der Waals surface area contributed by atoms with Crippen LogP contribution in [-0.4, -0.2) is 103 Å². The first kappa shape index (κ1) is 50.4. The quantitative estimate of drug-likeness (QED) is 0.0615. The Kier molecular flexibility index (Phi) is 16.9. The van der Waals surface area contributed by atoms with Gasteiger partial charge in [-0.05, 0) is 61.8 Å². The van der Waals surface area contributed by atoms with Crippen molar-refractivity contribution in [3.8, 4) is 10.4 Å². The van der Waals surface area contributed by atoms with E-state index in [2.05, 4.69) is 61.6 Å². The van der Waals surface area contributed by atoms with E-state index in [4.69, 9.17) is 11.6 Å². The largest absolute Gasteiger partial charge is 0.391 e. The zero-order valence-corrected chi connectivity index (χ0v) is 42.2. The molecule has 362 valence electrons. The third-order valence-corrected chi connectivity index (χ3v) is 14.9. The highest BCUT2D eigenvalue weighted by molar-refractivity contribution is 7.17. The van der Waals surface area contributed by atoms with E-state index in [9.17, 15) is 24.3 Å². The van der Waals surface area contributed by atoms with Crippen molar-refractivity contribution in [1.29, 1.82) is 0 Å². The van der Waals surface area contributed by atoms with Gasteiger partial charge in [0.05, 0.1) is 39.1 Å². The molecule has 4 amide bonds. The number of nitrogens with zero attached hydrogens (tertiary/aromatic N) is 7. The smallest absolute Gasteiger partial charge is 0.267 e. The molecule has 4 N–H and O–H groups in total. The van der Waals surface area contributed by atoms with Crippen LogP contribution in [0.3, 0.4) is 0 Å². The number of likely N-dealkylation sites (tertiary alicyclic amines) is 1. The zero-order chi connectivity index (χ0) is 48.5. The van der Waals surface area contributed by atoms with E-state index in [1.165, 1.54) is 17.5 Å². The molecule has 2 aromatic carbocycles. The molecule has 68 heavy (non-hydrogen) atoms. The van der Waals surface area contributed by atoms with Gasteiger partial charge in [0.25, 0.3) is 5.91 Å². The van der Waals surface area contributed by atoms with Crippen LogP contribution in [-0.2, 0) is 20.9 Å². The number of amides is 4. The van der Waals surface area contributed by atoms with Gasteiger partial charge < -0.3 is 35.8 Å². The van der Waals surface area contributed by atoms with E-state index < -0.39 is 12.1 Å². The van der Waals surface area contributed by atoms with Gasteiger partial charge in [0.1, 0.15) is 28.4 Å². The summed E-state index contributed by atoms with van der Waals surface area (Å²) in [7, 11) is 0. The standard InChI is InChI=1S/C50H63ClN10O5S2/c1-31-13-12-15-38(51)44(31)58-47(65)40-28-53-49(68-40)57-41-26-42(56-33(3)55-41)59-21-23-60(24-22-59)43(63)16-11-9-7-8-10-14-37(50(4,5)6)48(66)61-29-36(62)25-39(61)46(64)52-27-34-17-19-35(20-18-34)45-32(2)54-30-67-45/h12-13,15,17-20,26,28,30,36-37,39,62H,7-11,14,16,21-25,27,29H2,1-6H3,(H,52,64)(H,58,65)(H,53,55,56,57)/t36-,37-,39+/m1/s1. The molecule has 2 saturated heterocycles. The Morgan fingerprint density at radius 1 is 0.926 bits per heavy atom. The summed E-state index contributed by atoms with van der Waals surface area (Å²) in [5.41, 5.74) is 5.97. The van der Waals surface area contributed by atoms with Crippen molar-refractivity contribution in [2.45, 2.75) is 112 Å². The highest BCUT2D eigenvalue weighted by Gasteiger charge is 2.43. The molecule has 2 aliphatic heterocycles. The van der Waals surface area contributed by atoms with Crippen LogP contribution in [0, 0.1) is 32.1 Å². The lowest BCUT2D eigenvalue weighted by molar-refractivity contribution is -0.145. The lowest BCUT2D eigenvalue weighted by Crippen LogP contribution is -2.49. The van der Waals surface area contributed by atoms with E-state index >= 15 is 0 Å². The van der Waals surface area contributed by atoms with Crippen molar-refractivity contribution in [3.05, 3.63) is 92.8 Å². The van der Waals surface area contributed by atoms with Gasteiger partial charge in [-0.2, -0.15) is 0 Å². The second-order valence-electron chi connectivity index (χ2n) is 18.9. The predicted octanol–water partition coefficient (Wildman–Crippen LogP) is 8.95. The van der Waals surface area contributed by atoms with Gasteiger partial charge in [-0.15, -0.1) is 11.3 Å². The van der Waals surface area contributed by atoms with Gasteiger partial charge in [-0.1, -0.05) is 106 Å². The molecule has 3 aromatic heterocycles. The van der Waals surface area contributed by atoms with Crippen LogP contribution in [0.5, 0.6) is 0 Å². The van der Waals surface area contributed by atoms with Gasteiger partial charge in [0.2, 0.25) is 17.7 Å². The Labute approximate surface area is 412 Å². The van der Waals surface area contributed by atoms with Crippen LogP contribution >= 0.6 is 34.3 Å². The number of unbranched alkanes of at least 4 members (excludes halogenated alkanes) is 4. The molecule has 5 heterocycles. The van der Waals surface area contributed by atoms with Crippen molar-refractivity contribution >= 4 is 80.4 Å². The van der Waals surface area contributed by atoms with E-state index in [0.717, 1.165) is 65.2 Å². The van der Waals surface area contributed by atoms with Crippen LogP contribution in [0.2, 0.25) is 5.02 Å². The van der Waals surface area contributed by atoms with E-state index in [1.807, 2.05) is 73.6 Å². The first-order chi connectivity index (χ1) is 32.5. The van der Waals surface area contributed by atoms with Crippen LogP contribution in [0.4, 0.5) is 22.5 Å². The number of aryl methyl sites for hydroxylation is 3. The van der Waals surface area contributed by atoms with Crippen molar-refractivity contribution < 1.29 is 24.3 Å². The molecule has 0 aliphatic carbocycles. The van der Waals surface area contributed by atoms with E-state index in [0.29, 0.717) is 77.9 Å². The number of aliphatic hydroxyl groups is 1. The third-order valence-electron chi connectivity index (χ3n) is 12.7. The molecule has 0 radical (unpaired) electrons. The lowest BCUT2D eigenvalue weighted by atomic mass is 9.76. The number of carbonyl (C=O) groups is 4. The summed E-state index contributed by atoms with van der Waals surface area (Å²) in [6, 6.07) is 14.6. The summed E-state index contributed by atoms with van der Waals surface area (Å²) in [6.45, 7) is 14.9. The topological polar surface area (TPSA) is 186 Å². The minimum absolute atomic E-state index is 0.0750. The summed E-state index contributed by atoms with van der Waals surface area (Å²) in [6.07, 6.45) is 6.68. The van der Waals surface area contributed by atoms with Gasteiger partial charge in [-0.3, -0.25) is 19.2 Å². The maximum atomic E-state index is 14.1. The number of benzene rings is 2. The molecule has 15 nitrogen and oxygen atoms in total. The average Bonchev–Trinajstić information content (AvgIpc) is 4.07. The molecule has 0 saturated carbocycles. The summed E-state index contributed by atoms with van der Waals surface area (Å²) >= 11 is 9.11. The molecule has 5 aromatic rings. The number of carbonyl (C=O) groups excluding carboxylic acids is 4. The zero-order valence-electron chi connectivity index (χ0n) is 39.8. The highest BCUT2D eigenvalue weighted by Crippen LogP contribution is 2.35. The normalized spacial score (nSPS) is 16.7. The number of piperazine rings is 1. The molecule has 0 bridgehead atoms. The summed E-state index contributed by atoms with van der Waals surface area (Å²) in [5, 5.41) is 20.7. The molecular formula is C50H63ClN10O5S2. The third kappa shape index (κ3) is 13.0. The maximum absolute atomic E-state index is 14.1. The number of aliphatic hydroxyl groups excluding tert-OH is 1. The van der Waals surface area contributed by atoms with Crippen molar-refractivity contribution in [3.63, 3.8) is 0 Å². The van der Waals surface area contributed by atoms with Crippen LogP contribution in [0.1, 0.15) is 104 Å². The second-order valence-corrected chi connectivity index (χ2v) is 21.2. The summed E-state index contributed by atoms with van der Waals surface area (Å²) in [5.74, 6) is 1.14. The van der Waals surface area contributed by atoms with Crippen molar-refractivity contribution in [2.24, 2.45) is 11.3 Å². The number of hydrogen-bond acceptors (Lipinski definition) is 13. The fourth-order valence-electron chi connectivity index (χ4n) is 8.88. The Balaban J connectivity index is 0.807. The van der Waals surface area contributed by atoms with Gasteiger partial charge in [0.15, 0.2) is 5.13 Å². The fraction of sp³-hybridized carbons (Fsp3) is 0.480. The number of para-hydroxylation sites is 1. The fourth-order valence-corrected chi connectivity index (χ4v) is 10.7. The summed E-state index contributed by atoms with van der Waals surface area (Å²) in [4.78, 5) is 79.0. The van der Waals surface area contributed by atoms with Gasteiger partial charge in [0, 0.05) is 64.1 Å². The average molecular weight is 984 g/mol. The van der Waals surface area contributed by atoms with Gasteiger partial charge in [-0.25, -0.2) is 19.9 Å². The Hall–Kier alpha value is -5.49. The molecule has 0 unspecified atom stereocenters. The van der Waals surface area contributed by atoms with E-state index in [1.54, 1.807) is 22.3 Å². The van der Waals surface area contributed by atoms with Crippen molar-refractivity contribution in [2.75, 3.05) is 48.3 Å². The van der Waals surface area contributed by atoms with Crippen LogP contribution in [0.15, 0.2) is 60.2 Å². The molecule has 7 rings (SSSR count). The Morgan fingerprint density at radius 2 is 1.66 bits per heavy atom. The number of anilines is 4. The predicted molar refractivity (Wildman–Crippen MR) is 271 cm³/mol. The van der Waals surface area contributed by atoms with Gasteiger partial charge >= 0.3 is 0 Å². The first-order valence-electron chi connectivity index (χ1n) is 23.5. The van der Waals surface area contributed by atoms with Crippen LogP contribution in [0.25, 0.3) is 10.4 Å². The Bertz CT molecular complexity index is 2530. The monoisotopic (exact) mass is 982 g/mol. The summed E-state index contributed by atoms with van der Waals surface area (Å²) < 4.78 is 0. The SMILES string of the molecule is Cc1nc(Nc2ncc(C(=O)Nc3c(C)cccc3Cl)s2)cc(N2CCN(C(=O)CCCCCCC[C@H](C(=O)N3C[C@H](O)C[C@H]3C(=O)NCc3ccc(-c4scnc4C)cc3)C(C)(C)C)CC2)n1. The van der Waals surface area contributed by atoms with Crippen LogP contribution < -0.4 is 20.9 Å². The first-order valence-corrected chi connectivity index (χ1v) is 25.5. The number of nitrogens with one attached hydrogen (secondary N) is 3. The number of thiazole rings is 2. The molecule has 2 aliphatic rings. The maximum Gasteiger partial charge on any atom is 0.267 e. The number of hydrogen-bond donors (Lipinski definition) is 4. The lowest BCUT2D eigenvalue weighted by Gasteiger charge is -2.35. The molecule has 3 atom stereocenters. The van der Waals surface area contributed by atoms with E-state index in [-0.39, 0.29) is 47.9 Å². The minimum atomic E-state index is -0.748. The number of halogens is 1. The molecule has 18 heteroatoms. The Morgan fingerprint density at radius 3 is 2.37 bits per heavy atom. The number of β-amino-alcohol motifs (C(OH)–C–C–N with tert-alkyl or cyclic N) is 1. The molecular weight excluding hydrogens is 920 g/mol. The molecule has 0 spiro atoms. The second kappa shape index (κ2) is 22.7. The highest BCUT2D eigenvalue weighted by atomic mass is 35.5. The number of rotatable bonds is 18. The number of aromatic nitrogens is 4.